The second-order valence-electron chi connectivity index (χ2n) is 4.71. The Balaban J connectivity index is 1.94. The van der Waals surface area contributed by atoms with E-state index in [1.54, 1.807) is 0 Å². The summed E-state index contributed by atoms with van der Waals surface area (Å²) in [7, 11) is 0. The van der Waals surface area contributed by atoms with E-state index in [9.17, 15) is 0 Å². The Labute approximate surface area is 128 Å². The molecular formula is C16H16ClN3O. The number of para-hydroxylation sites is 3. The normalized spacial score (nSPS) is 11.0. The van der Waals surface area contributed by atoms with Gasteiger partial charge in [-0.2, -0.15) is 0 Å². The fourth-order valence-electron chi connectivity index (χ4n) is 2.39. The maximum Gasteiger partial charge on any atom is 0.148 e. The van der Waals surface area contributed by atoms with E-state index in [0.29, 0.717) is 23.1 Å². The summed E-state index contributed by atoms with van der Waals surface area (Å²) in [6.07, 6.45) is 0. The van der Waals surface area contributed by atoms with Gasteiger partial charge in [-0.05, 0) is 31.2 Å². The predicted octanol–water partition coefficient (Wildman–Crippen LogP) is 3.87. The zero-order valence-electron chi connectivity index (χ0n) is 11.7. The Morgan fingerprint density at radius 1 is 1.19 bits per heavy atom. The van der Waals surface area contributed by atoms with Gasteiger partial charge in [-0.3, -0.25) is 0 Å². The third-order valence-electron chi connectivity index (χ3n) is 3.39. The number of benzene rings is 2. The van der Waals surface area contributed by atoms with Crippen molar-refractivity contribution in [1.29, 1.82) is 0 Å². The van der Waals surface area contributed by atoms with Crippen LogP contribution in [0.2, 0.25) is 5.02 Å². The van der Waals surface area contributed by atoms with E-state index in [1.165, 1.54) is 0 Å². The van der Waals surface area contributed by atoms with Crippen LogP contribution in [0.3, 0.4) is 0 Å². The summed E-state index contributed by atoms with van der Waals surface area (Å²) in [5.41, 5.74) is 8.33. The number of nitrogen functional groups attached to an aromatic ring is 1. The van der Waals surface area contributed by atoms with Crippen LogP contribution in [0.1, 0.15) is 12.7 Å². The van der Waals surface area contributed by atoms with Crippen LogP contribution in [-0.4, -0.2) is 9.55 Å². The van der Waals surface area contributed by atoms with E-state index in [-0.39, 0.29) is 0 Å². The first-order valence-electron chi connectivity index (χ1n) is 6.81. The second-order valence-corrected chi connectivity index (χ2v) is 5.11. The van der Waals surface area contributed by atoms with Crippen LogP contribution in [0.4, 0.5) is 5.69 Å². The highest BCUT2D eigenvalue weighted by Crippen LogP contribution is 2.26. The molecule has 3 rings (SSSR count). The molecule has 21 heavy (non-hydrogen) atoms. The standard InChI is InChI=1S/C16H16ClN3O/c1-2-20-15(10-21-14-9-4-3-7-12(14)18)19-13-8-5-6-11(17)16(13)20/h3-9H,2,10,18H2,1H3. The number of imidazole rings is 1. The van der Waals surface area contributed by atoms with Crippen molar-refractivity contribution in [2.45, 2.75) is 20.1 Å². The molecular weight excluding hydrogens is 286 g/mol. The van der Waals surface area contributed by atoms with Crippen molar-refractivity contribution in [3.63, 3.8) is 0 Å². The molecule has 0 amide bonds. The SMILES string of the molecule is CCn1c(COc2ccccc2N)nc2cccc(Cl)c21. The molecule has 0 aliphatic heterocycles. The van der Waals surface area contributed by atoms with E-state index < -0.39 is 0 Å². The lowest BCUT2D eigenvalue weighted by atomic mass is 10.3. The number of rotatable bonds is 4. The van der Waals surface area contributed by atoms with Crippen LogP contribution < -0.4 is 10.5 Å². The largest absolute Gasteiger partial charge is 0.484 e. The van der Waals surface area contributed by atoms with Crippen molar-refractivity contribution in [2.75, 3.05) is 5.73 Å². The summed E-state index contributed by atoms with van der Waals surface area (Å²) in [5, 5.41) is 0.701. The Morgan fingerprint density at radius 3 is 2.76 bits per heavy atom. The van der Waals surface area contributed by atoms with Gasteiger partial charge in [0.25, 0.3) is 0 Å². The van der Waals surface area contributed by atoms with E-state index in [4.69, 9.17) is 22.1 Å². The number of aromatic nitrogens is 2. The summed E-state index contributed by atoms with van der Waals surface area (Å²) < 4.78 is 7.85. The van der Waals surface area contributed by atoms with Gasteiger partial charge in [0.1, 0.15) is 18.2 Å². The molecule has 108 valence electrons. The lowest BCUT2D eigenvalue weighted by Gasteiger charge is -2.10. The molecule has 0 radical (unpaired) electrons. The van der Waals surface area contributed by atoms with Gasteiger partial charge >= 0.3 is 0 Å². The molecule has 0 saturated carbocycles. The first-order valence-corrected chi connectivity index (χ1v) is 7.19. The quantitative estimate of drug-likeness (QED) is 0.744. The molecule has 2 N–H and O–H groups in total. The number of fused-ring (bicyclic) bond motifs is 1. The molecule has 0 aliphatic rings. The summed E-state index contributed by atoms with van der Waals surface area (Å²) in [6.45, 7) is 3.20. The molecule has 4 nitrogen and oxygen atoms in total. The average Bonchev–Trinajstić information content (AvgIpc) is 2.85. The number of halogens is 1. The Hall–Kier alpha value is -2.20. The highest BCUT2D eigenvalue weighted by molar-refractivity contribution is 6.35. The third-order valence-corrected chi connectivity index (χ3v) is 3.69. The maximum atomic E-state index is 6.28. The highest BCUT2D eigenvalue weighted by Gasteiger charge is 2.13. The highest BCUT2D eigenvalue weighted by atomic mass is 35.5. The molecule has 3 aromatic rings. The van der Waals surface area contributed by atoms with Gasteiger partial charge in [-0.1, -0.05) is 29.8 Å². The van der Waals surface area contributed by atoms with Gasteiger partial charge in [0.05, 0.1) is 21.7 Å². The van der Waals surface area contributed by atoms with Crippen LogP contribution in [0.25, 0.3) is 11.0 Å². The van der Waals surface area contributed by atoms with Crippen molar-refractivity contribution >= 4 is 28.3 Å². The molecule has 2 aromatic carbocycles. The molecule has 0 spiro atoms. The number of nitrogens with two attached hydrogens (primary N) is 1. The van der Waals surface area contributed by atoms with Gasteiger partial charge in [-0.25, -0.2) is 4.98 Å². The minimum Gasteiger partial charge on any atom is -0.484 e. The third kappa shape index (κ3) is 2.54. The van der Waals surface area contributed by atoms with E-state index >= 15 is 0 Å². The molecule has 0 fully saturated rings. The molecule has 0 aliphatic carbocycles. The zero-order chi connectivity index (χ0) is 14.8. The fourth-order valence-corrected chi connectivity index (χ4v) is 2.67. The Morgan fingerprint density at radius 2 is 2.00 bits per heavy atom. The molecule has 0 atom stereocenters. The number of hydrogen-bond donors (Lipinski definition) is 1. The van der Waals surface area contributed by atoms with Crippen molar-refractivity contribution in [3.8, 4) is 5.75 Å². The number of hydrogen-bond acceptors (Lipinski definition) is 3. The smallest absolute Gasteiger partial charge is 0.148 e. The molecule has 5 heteroatoms. The first-order chi connectivity index (χ1) is 10.2. The monoisotopic (exact) mass is 301 g/mol. The zero-order valence-corrected chi connectivity index (χ0v) is 12.5. The van der Waals surface area contributed by atoms with Gasteiger partial charge in [-0.15, -0.1) is 0 Å². The van der Waals surface area contributed by atoms with Crippen LogP contribution >= 0.6 is 11.6 Å². The van der Waals surface area contributed by atoms with E-state index in [0.717, 1.165) is 23.4 Å². The van der Waals surface area contributed by atoms with Crippen molar-refractivity contribution in [2.24, 2.45) is 0 Å². The van der Waals surface area contributed by atoms with Crippen LogP contribution in [0.5, 0.6) is 5.75 Å². The van der Waals surface area contributed by atoms with Gasteiger partial charge in [0.15, 0.2) is 0 Å². The molecule has 0 saturated heterocycles. The topological polar surface area (TPSA) is 53.1 Å². The fraction of sp³-hybridized carbons (Fsp3) is 0.188. The second kappa shape index (κ2) is 5.66. The first kappa shape index (κ1) is 13.8. The molecule has 1 aromatic heterocycles. The van der Waals surface area contributed by atoms with Crippen molar-refractivity contribution in [3.05, 3.63) is 53.3 Å². The molecule has 0 unspecified atom stereocenters. The lowest BCUT2D eigenvalue weighted by molar-refractivity contribution is 0.292. The summed E-state index contributed by atoms with van der Waals surface area (Å²) >= 11 is 6.28. The predicted molar refractivity (Wildman–Crippen MR) is 85.6 cm³/mol. The van der Waals surface area contributed by atoms with Gasteiger partial charge in [0.2, 0.25) is 0 Å². The van der Waals surface area contributed by atoms with Crippen LogP contribution in [0.15, 0.2) is 42.5 Å². The Kier molecular flexibility index (Phi) is 3.71. The van der Waals surface area contributed by atoms with Crippen molar-refractivity contribution in [1.82, 2.24) is 9.55 Å². The van der Waals surface area contributed by atoms with Crippen LogP contribution in [0, 0.1) is 0 Å². The number of ether oxygens (including phenoxy) is 1. The summed E-state index contributed by atoms with van der Waals surface area (Å²) in [4.78, 5) is 4.60. The number of nitrogens with zero attached hydrogens (tertiary/aromatic N) is 2. The summed E-state index contributed by atoms with van der Waals surface area (Å²) in [5.74, 6) is 1.50. The van der Waals surface area contributed by atoms with E-state index in [2.05, 4.69) is 16.5 Å². The summed E-state index contributed by atoms with van der Waals surface area (Å²) in [6, 6.07) is 13.2. The number of anilines is 1. The molecule has 1 heterocycles. The maximum absolute atomic E-state index is 6.28. The van der Waals surface area contributed by atoms with Crippen LogP contribution in [-0.2, 0) is 13.2 Å². The minimum absolute atomic E-state index is 0.354. The van der Waals surface area contributed by atoms with E-state index in [1.807, 2.05) is 42.5 Å². The lowest BCUT2D eigenvalue weighted by Crippen LogP contribution is -2.07. The van der Waals surface area contributed by atoms with Crippen molar-refractivity contribution < 1.29 is 4.74 Å². The number of aryl methyl sites for hydroxylation is 1. The van der Waals surface area contributed by atoms with Gasteiger partial charge < -0.3 is 15.0 Å². The van der Waals surface area contributed by atoms with Gasteiger partial charge in [0, 0.05) is 6.54 Å². The Bertz CT molecular complexity index is 782. The minimum atomic E-state index is 0.354. The molecule has 0 bridgehead atoms. The average molecular weight is 302 g/mol.